The summed E-state index contributed by atoms with van der Waals surface area (Å²) in [5.74, 6) is -11.3. The summed E-state index contributed by atoms with van der Waals surface area (Å²) in [5.41, 5.74) is -6.46. The molecular weight excluding hydrogens is 730 g/mol. The topological polar surface area (TPSA) is 73.9 Å². The number of ether oxygens (including phenoxy) is 3. The van der Waals surface area contributed by atoms with Gasteiger partial charge in [0, 0.05) is 18.1 Å². The predicted octanol–water partition coefficient (Wildman–Crippen LogP) is 8.81. The second-order valence-corrected chi connectivity index (χ2v) is 10.8. The highest BCUT2D eigenvalue weighted by molar-refractivity contribution is 5.95. The molecule has 0 bridgehead atoms. The van der Waals surface area contributed by atoms with Gasteiger partial charge in [0.05, 0.1) is 17.7 Å². The van der Waals surface area contributed by atoms with Crippen LogP contribution in [-0.4, -0.2) is 37.1 Å². The Morgan fingerprint density at radius 1 is 0.750 bits per heavy atom. The van der Waals surface area contributed by atoms with Crippen LogP contribution in [0.2, 0.25) is 0 Å². The van der Waals surface area contributed by atoms with Crippen molar-refractivity contribution in [3.8, 4) is 11.5 Å². The van der Waals surface area contributed by atoms with Crippen molar-refractivity contribution in [2.24, 2.45) is 0 Å². The van der Waals surface area contributed by atoms with E-state index in [1.54, 1.807) is 0 Å². The Hall–Kier alpha value is -5.42. The predicted molar refractivity (Wildman–Crippen MR) is 156 cm³/mol. The SMILES string of the molecule is CCOC(=O)C(F)(F)Oc1cc(C(Cc2ccccc2)(NC(=O)c2ccc(F)c(C(F)(F)F)c2)c2cc(F)cc(OC(F)(F)C(F)F)c2)ccc1F. The smallest absolute Gasteiger partial charge is 0.459 e. The number of rotatable bonds is 13. The molecule has 278 valence electrons. The van der Waals surface area contributed by atoms with Crippen molar-refractivity contribution in [2.75, 3.05) is 6.61 Å². The highest BCUT2D eigenvalue weighted by Crippen LogP contribution is 2.41. The van der Waals surface area contributed by atoms with Gasteiger partial charge in [-0.2, -0.15) is 39.5 Å². The first-order valence-corrected chi connectivity index (χ1v) is 14.6. The lowest BCUT2D eigenvalue weighted by molar-refractivity contribution is -0.253. The summed E-state index contributed by atoms with van der Waals surface area (Å²) < 4.78 is 181. The number of benzene rings is 4. The lowest BCUT2D eigenvalue weighted by Crippen LogP contribution is -2.49. The number of alkyl halides is 9. The van der Waals surface area contributed by atoms with E-state index in [9.17, 15) is 53.5 Å². The first-order valence-electron chi connectivity index (χ1n) is 14.6. The van der Waals surface area contributed by atoms with Gasteiger partial charge in [0.15, 0.2) is 11.6 Å². The number of esters is 1. The quantitative estimate of drug-likeness (QED) is 0.109. The molecule has 0 aromatic heterocycles. The zero-order chi connectivity index (χ0) is 38.6. The molecule has 0 saturated carbocycles. The van der Waals surface area contributed by atoms with Crippen LogP contribution in [-0.2, 0) is 27.7 Å². The van der Waals surface area contributed by atoms with Crippen LogP contribution in [0.25, 0.3) is 0 Å². The van der Waals surface area contributed by atoms with Crippen molar-refractivity contribution in [1.29, 1.82) is 0 Å². The Balaban J connectivity index is 2.04. The fourth-order valence-corrected chi connectivity index (χ4v) is 4.92. The molecule has 4 aromatic carbocycles. The number of halogens is 12. The first kappa shape index (κ1) is 39.4. The number of carbonyl (C=O) groups is 2. The molecule has 1 N–H and O–H groups in total. The van der Waals surface area contributed by atoms with E-state index in [1.807, 2.05) is 0 Å². The lowest BCUT2D eigenvalue weighted by atomic mass is 9.77. The number of carbonyl (C=O) groups excluding carboxylic acids is 2. The van der Waals surface area contributed by atoms with E-state index in [1.165, 1.54) is 37.3 Å². The molecule has 0 aliphatic rings. The molecule has 0 aliphatic heterocycles. The highest BCUT2D eigenvalue weighted by atomic mass is 19.4. The normalized spacial score (nSPS) is 13.3. The van der Waals surface area contributed by atoms with Gasteiger partial charge in [-0.3, -0.25) is 4.79 Å². The molecule has 6 nitrogen and oxygen atoms in total. The standard InChI is InChI=1S/C34H23F12NO5/c1-2-50-30(49)34(45,46)52-27-15-20(9-11-26(27)37)31(17-18-6-4-3-5-7-18,21-13-22(35)16-23(14-21)51-33(43,44)29(38)39)47-28(48)19-8-10-25(36)24(12-19)32(40,41)42/h3-16,29H,2,17H2,1H3,(H,47,48). The van der Waals surface area contributed by atoms with E-state index >= 15 is 8.78 Å². The fourth-order valence-electron chi connectivity index (χ4n) is 4.92. The summed E-state index contributed by atoms with van der Waals surface area (Å²) in [7, 11) is 0. The Bertz CT molecular complexity index is 1920. The third-order valence-corrected chi connectivity index (χ3v) is 7.22. The molecule has 52 heavy (non-hydrogen) atoms. The van der Waals surface area contributed by atoms with E-state index in [2.05, 4.69) is 19.5 Å². The van der Waals surface area contributed by atoms with Gasteiger partial charge >= 0.3 is 30.8 Å². The van der Waals surface area contributed by atoms with Crippen LogP contribution < -0.4 is 14.8 Å². The first-order chi connectivity index (χ1) is 24.2. The van der Waals surface area contributed by atoms with Crippen molar-refractivity contribution in [1.82, 2.24) is 5.32 Å². The summed E-state index contributed by atoms with van der Waals surface area (Å²) in [6.45, 7) is 0.614. The Kier molecular flexibility index (Phi) is 11.4. The number of hydrogen-bond acceptors (Lipinski definition) is 5. The molecule has 1 unspecified atom stereocenters. The van der Waals surface area contributed by atoms with Crippen molar-refractivity contribution in [2.45, 2.75) is 43.7 Å². The maximum atomic E-state index is 15.2. The maximum absolute atomic E-state index is 15.2. The number of hydrogen-bond donors (Lipinski definition) is 1. The third kappa shape index (κ3) is 8.89. The molecule has 0 radical (unpaired) electrons. The van der Waals surface area contributed by atoms with E-state index < -0.39 is 106 Å². The second-order valence-electron chi connectivity index (χ2n) is 10.8. The summed E-state index contributed by atoms with van der Waals surface area (Å²) in [6.07, 6.45) is -20.5. The van der Waals surface area contributed by atoms with Crippen molar-refractivity contribution in [3.05, 3.63) is 130 Å². The zero-order valence-corrected chi connectivity index (χ0v) is 26.2. The largest absolute Gasteiger partial charge is 0.502 e. The van der Waals surface area contributed by atoms with Crippen molar-refractivity contribution < 1.29 is 76.5 Å². The highest BCUT2D eigenvalue weighted by Gasteiger charge is 2.47. The molecule has 0 heterocycles. The summed E-state index contributed by atoms with van der Waals surface area (Å²) >= 11 is 0. The van der Waals surface area contributed by atoms with Crippen molar-refractivity contribution >= 4 is 11.9 Å². The summed E-state index contributed by atoms with van der Waals surface area (Å²) in [4.78, 5) is 25.6. The van der Waals surface area contributed by atoms with Crippen LogP contribution in [0.4, 0.5) is 52.7 Å². The molecule has 0 saturated heterocycles. The van der Waals surface area contributed by atoms with Gasteiger partial charge in [-0.25, -0.2) is 18.0 Å². The van der Waals surface area contributed by atoms with Crippen LogP contribution in [0, 0.1) is 17.5 Å². The third-order valence-electron chi connectivity index (χ3n) is 7.22. The Labute approximate surface area is 285 Å². The molecular formula is C34H23F12NO5. The Morgan fingerprint density at radius 3 is 2.02 bits per heavy atom. The number of nitrogens with one attached hydrogen (secondary N) is 1. The van der Waals surface area contributed by atoms with Gasteiger partial charge in [0.1, 0.15) is 17.4 Å². The van der Waals surface area contributed by atoms with Gasteiger partial charge in [0.2, 0.25) is 0 Å². The molecule has 1 amide bonds. The van der Waals surface area contributed by atoms with Crippen LogP contribution in [0.15, 0.2) is 84.9 Å². The maximum Gasteiger partial charge on any atom is 0.502 e. The van der Waals surface area contributed by atoms with Crippen molar-refractivity contribution in [3.63, 3.8) is 0 Å². The fraction of sp³-hybridized carbons (Fsp3) is 0.235. The summed E-state index contributed by atoms with van der Waals surface area (Å²) in [6, 6.07) is 11.1. The molecule has 4 aromatic rings. The molecule has 4 rings (SSSR count). The minimum absolute atomic E-state index is 0.0976. The average Bonchev–Trinajstić information content (AvgIpc) is 3.05. The monoisotopic (exact) mass is 753 g/mol. The van der Waals surface area contributed by atoms with E-state index in [4.69, 9.17) is 0 Å². The van der Waals surface area contributed by atoms with Crippen LogP contribution in [0.5, 0.6) is 11.5 Å². The van der Waals surface area contributed by atoms with Crippen LogP contribution in [0.1, 0.15) is 39.5 Å². The van der Waals surface area contributed by atoms with Crippen LogP contribution in [0.3, 0.4) is 0 Å². The second kappa shape index (κ2) is 15.1. The van der Waals surface area contributed by atoms with Gasteiger partial charge in [-0.05, 0) is 66.1 Å². The van der Waals surface area contributed by atoms with E-state index in [0.717, 1.165) is 6.07 Å². The van der Waals surface area contributed by atoms with E-state index in [0.29, 0.717) is 36.4 Å². The number of amides is 1. The molecule has 18 heteroatoms. The molecule has 0 fully saturated rings. The minimum atomic E-state index is -5.32. The zero-order valence-electron chi connectivity index (χ0n) is 26.2. The van der Waals surface area contributed by atoms with Gasteiger partial charge in [-0.1, -0.05) is 36.4 Å². The van der Waals surface area contributed by atoms with Gasteiger partial charge in [-0.15, -0.1) is 0 Å². The molecule has 0 spiro atoms. The summed E-state index contributed by atoms with van der Waals surface area (Å²) in [5, 5.41) is 2.27. The molecule has 1 atom stereocenters. The minimum Gasteiger partial charge on any atom is -0.459 e. The van der Waals surface area contributed by atoms with Crippen LogP contribution >= 0.6 is 0 Å². The van der Waals surface area contributed by atoms with Gasteiger partial charge in [0.25, 0.3) is 5.91 Å². The molecule has 0 aliphatic carbocycles. The lowest BCUT2D eigenvalue weighted by Gasteiger charge is -2.37. The van der Waals surface area contributed by atoms with E-state index in [-0.39, 0.29) is 17.7 Å². The van der Waals surface area contributed by atoms with Gasteiger partial charge < -0.3 is 19.5 Å². The Morgan fingerprint density at radius 2 is 1.40 bits per heavy atom. The average molecular weight is 754 g/mol.